The number of hydrogen-bond acceptors (Lipinski definition) is 6. The molecule has 6 nitrogen and oxygen atoms in total. The van der Waals surface area contributed by atoms with Gasteiger partial charge in [0.2, 0.25) is 0 Å². The van der Waals surface area contributed by atoms with Crippen LogP contribution in [0.25, 0.3) is 0 Å². The van der Waals surface area contributed by atoms with Crippen molar-refractivity contribution in [1.82, 2.24) is 4.90 Å². The van der Waals surface area contributed by atoms with E-state index in [1.165, 1.54) is 24.9 Å². The second-order valence-electron chi connectivity index (χ2n) is 11.5. The molecule has 8 atom stereocenters. The van der Waals surface area contributed by atoms with Crippen molar-refractivity contribution in [2.24, 2.45) is 23.2 Å². The van der Waals surface area contributed by atoms with Gasteiger partial charge in [-0.25, -0.2) is 0 Å². The van der Waals surface area contributed by atoms with Crippen molar-refractivity contribution in [3.8, 4) is 5.75 Å². The van der Waals surface area contributed by atoms with Crippen molar-refractivity contribution in [3.05, 3.63) is 24.3 Å². The summed E-state index contributed by atoms with van der Waals surface area (Å²) in [5, 5.41) is 0. The zero-order chi connectivity index (χ0) is 23.0. The van der Waals surface area contributed by atoms with E-state index in [1.807, 2.05) is 12.1 Å². The Kier molecular flexibility index (Phi) is 5.01. The third-order valence-electron chi connectivity index (χ3n) is 9.76. The molecule has 6 rings (SSSR count). The summed E-state index contributed by atoms with van der Waals surface area (Å²) in [4.78, 5) is 18.0. The Balaban J connectivity index is 1.14. The predicted molar refractivity (Wildman–Crippen MR) is 126 cm³/mol. The van der Waals surface area contributed by atoms with Crippen LogP contribution in [0.1, 0.15) is 46.5 Å². The van der Waals surface area contributed by atoms with E-state index in [0.29, 0.717) is 12.0 Å². The van der Waals surface area contributed by atoms with Gasteiger partial charge in [-0.1, -0.05) is 20.3 Å². The molecule has 3 aliphatic heterocycles. The van der Waals surface area contributed by atoms with Crippen LogP contribution in [0.5, 0.6) is 5.75 Å². The van der Waals surface area contributed by atoms with Gasteiger partial charge in [0.1, 0.15) is 17.5 Å². The molecule has 0 bridgehead atoms. The summed E-state index contributed by atoms with van der Waals surface area (Å²) < 4.78 is 18.0. The van der Waals surface area contributed by atoms with Gasteiger partial charge in [-0.05, 0) is 56.4 Å². The molecule has 0 radical (unpaired) electrons. The topological polar surface area (TPSA) is 54.5 Å². The van der Waals surface area contributed by atoms with Crippen LogP contribution in [-0.4, -0.2) is 68.0 Å². The maximum Gasteiger partial charge on any atom is 0.311 e. The maximum atomic E-state index is 13.1. The van der Waals surface area contributed by atoms with Crippen molar-refractivity contribution in [2.75, 3.05) is 38.2 Å². The van der Waals surface area contributed by atoms with Crippen LogP contribution in [0.2, 0.25) is 0 Å². The molecule has 2 aliphatic carbocycles. The van der Waals surface area contributed by atoms with Crippen molar-refractivity contribution < 1.29 is 19.0 Å². The lowest BCUT2D eigenvalue weighted by atomic mass is 9.53. The number of piperazine rings is 1. The van der Waals surface area contributed by atoms with E-state index in [9.17, 15) is 4.79 Å². The van der Waals surface area contributed by atoms with Crippen molar-refractivity contribution >= 4 is 11.7 Å². The summed E-state index contributed by atoms with van der Waals surface area (Å²) in [6.07, 6.45) is 4.92. The highest BCUT2D eigenvalue weighted by atomic mass is 16.6. The molecular formula is C27H38N2O4. The van der Waals surface area contributed by atoms with E-state index in [4.69, 9.17) is 14.2 Å². The Morgan fingerprint density at radius 2 is 1.97 bits per heavy atom. The monoisotopic (exact) mass is 454 g/mol. The summed E-state index contributed by atoms with van der Waals surface area (Å²) in [5.41, 5.74) is 1.37. The third-order valence-corrected chi connectivity index (χ3v) is 9.76. The van der Waals surface area contributed by atoms with Gasteiger partial charge in [-0.3, -0.25) is 9.69 Å². The molecule has 33 heavy (non-hydrogen) atoms. The number of carbonyl (C=O) groups is 1. The number of ether oxygens (including phenoxy) is 3. The minimum absolute atomic E-state index is 0.00999. The number of fused-ring (bicyclic) bond motifs is 2. The average molecular weight is 455 g/mol. The summed E-state index contributed by atoms with van der Waals surface area (Å²) >= 11 is 0. The van der Waals surface area contributed by atoms with Gasteiger partial charge in [0, 0.05) is 49.2 Å². The largest absolute Gasteiger partial charge is 0.497 e. The molecule has 5 aliphatic rings. The molecule has 2 saturated carbocycles. The van der Waals surface area contributed by atoms with Gasteiger partial charge in [0.05, 0.1) is 19.1 Å². The number of methoxy groups -OCH3 is 1. The van der Waals surface area contributed by atoms with Crippen molar-refractivity contribution in [2.45, 2.75) is 70.3 Å². The first-order valence-corrected chi connectivity index (χ1v) is 12.9. The van der Waals surface area contributed by atoms with Gasteiger partial charge in [0.25, 0.3) is 0 Å². The smallest absolute Gasteiger partial charge is 0.311 e. The number of hydrogen-bond donors (Lipinski definition) is 0. The summed E-state index contributed by atoms with van der Waals surface area (Å²) in [5.74, 6) is 1.64. The van der Waals surface area contributed by atoms with Crippen LogP contribution in [-0.2, 0) is 14.3 Å². The molecule has 1 aromatic rings. The normalized spacial score (nSPS) is 44.5. The third kappa shape index (κ3) is 3.16. The van der Waals surface area contributed by atoms with Crippen LogP contribution in [0, 0.1) is 23.2 Å². The Hall–Kier alpha value is -1.79. The van der Waals surface area contributed by atoms with Gasteiger partial charge >= 0.3 is 5.97 Å². The van der Waals surface area contributed by atoms with E-state index in [2.05, 4.69) is 42.7 Å². The minimum atomic E-state index is -0.0576. The Morgan fingerprint density at radius 3 is 2.70 bits per heavy atom. The number of carbonyl (C=O) groups excluding carboxylic acids is 1. The fraction of sp³-hybridized carbons (Fsp3) is 0.741. The lowest BCUT2D eigenvalue weighted by Gasteiger charge is -2.49. The minimum Gasteiger partial charge on any atom is -0.497 e. The lowest BCUT2D eigenvalue weighted by molar-refractivity contribution is -0.146. The Labute approximate surface area is 197 Å². The molecule has 5 fully saturated rings. The maximum absolute atomic E-state index is 13.1. The van der Waals surface area contributed by atoms with Crippen molar-refractivity contribution in [1.29, 1.82) is 0 Å². The van der Waals surface area contributed by atoms with E-state index in [1.54, 1.807) is 7.11 Å². The zero-order valence-corrected chi connectivity index (χ0v) is 20.5. The lowest BCUT2D eigenvalue weighted by Crippen LogP contribution is -2.56. The standard InChI is InChI=1S/C27H38N2O4/c1-17-6-5-11-26(3)14-22-23(24-27(17,26)33-24)21(25(30)32-22)16-28-12-13-29(18(2)15-28)19-7-9-20(31-4)10-8-19/h7-10,17-18,21-24H,5-6,11-16H2,1-4H3/t17-,18+,21+,22+,23+,24+,26+,27-/m0/s1. The number of rotatable bonds is 4. The molecule has 0 aromatic heterocycles. The van der Waals surface area contributed by atoms with Crippen LogP contribution < -0.4 is 9.64 Å². The molecule has 0 unspecified atom stereocenters. The highest BCUT2D eigenvalue weighted by Gasteiger charge is 2.78. The van der Waals surface area contributed by atoms with Crippen molar-refractivity contribution in [3.63, 3.8) is 0 Å². The fourth-order valence-electron chi connectivity index (χ4n) is 8.08. The van der Waals surface area contributed by atoms with Crippen LogP contribution >= 0.6 is 0 Å². The van der Waals surface area contributed by atoms with Gasteiger partial charge < -0.3 is 19.1 Å². The first-order valence-electron chi connectivity index (χ1n) is 12.9. The molecule has 3 saturated heterocycles. The van der Waals surface area contributed by atoms with E-state index in [-0.39, 0.29) is 41.0 Å². The first kappa shape index (κ1) is 21.7. The van der Waals surface area contributed by atoms with E-state index >= 15 is 0 Å². The van der Waals surface area contributed by atoms with Gasteiger partial charge in [-0.15, -0.1) is 0 Å². The molecule has 1 spiro atoms. The number of esters is 1. The number of anilines is 1. The molecule has 6 heteroatoms. The molecule has 0 amide bonds. The summed E-state index contributed by atoms with van der Waals surface area (Å²) in [6, 6.07) is 8.71. The molecular weight excluding hydrogens is 416 g/mol. The average Bonchev–Trinajstić information content (AvgIpc) is 3.48. The van der Waals surface area contributed by atoms with Crippen LogP contribution in [0.4, 0.5) is 5.69 Å². The first-order chi connectivity index (χ1) is 15.9. The van der Waals surface area contributed by atoms with E-state index < -0.39 is 0 Å². The van der Waals surface area contributed by atoms with E-state index in [0.717, 1.165) is 38.3 Å². The number of epoxide rings is 1. The predicted octanol–water partition coefficient (Wildman–Crippen LogP) is 3.73. The SMILES string of the molecule is COc1ccc(N2CCN(C[C@H]3C(=O)O[C@@H]4C[C@@]5(C)CCC[C@H](C)[C@@]56O[C@@H]6[C@@H]43)C[C@H]2C)cc1. The molecule has 3 heterocycles. The fourth-order valence-corrected chi connectivity index (χ4v) is 8.08. The second kappa shape index (κ2) is 7.61. The quantitative estimate of drug-likeness (QED) is 0.510. The van der Waals surface area contributed by atoms with Gasteiger partial charge in [-0.2, -0.15) is 0 Å². The molecule has 0 N–H and O–H groups in total. The van der Waals surface area contributed by atoms with Crippen LogP contribution in [0.3, 0.4) is 0 Å². The molecule has 1 aromatic carbocycles. The summed E-state index contributed by atoms with van der Waals surface area (Å²) in [6.45, 7) is 10.7. The van der Waals surface area contributed by atoms with Gasteiger partial charge in [0.15, 0.2) is 0 Å². The number of nitrogens with zero attached hydrogens (tertiary/aromatic N) is 2. The molecule has 180 valence electrons. The Bertz CT molecular complexity index is 921. The van der Waals surface area contributed by atoms with Crippen LogP contribution in [0.15, 0.2) is 24.3 Å². The highest BCUT2D eigenvalue weighted by Crippen LogP contribution is 2.70. The Morgan fingerprint density at radius 1 is 1.18 bits per heavy atom. The highest BCUT2D eigenvalue weighted by molar-refractivity contribution is 5.76. The zero-order valence-electron chi connectivity index (χ0n) is 20.5. The summed E-state index contributed by atoms with van der Waals surface area (Å²) in [7, 11) is 1.70. The number of benzene rings is 1. The second-order valence-corrected chi connectivity index (χ2v) is 11.5.